The van der Waals surface area contributed by atoms with E-state index in [-0.39, 0.29) is 0 Å². The van der Waals surface area contributed by atoms with Crippen LogP contribution < -0.4 is 0 Å². The average molecular weight is 184 g/mol. The predicted octanol–water partition coefficient (Wildman–Crippen LogP) is 2.10. The molecular formula is C8H10ClN3. The van der Waals surface area contributed by atoms with Crippen molar-refractivity contribution in [2.24, 2.45) is 5.10 Å². The Kier molecular flexibility index (Phi) is 1.68. The first-order valence-electron chi connectivity index (χ1n) is 3.96. The average Bonchev–Trinajstić information content (AvgIpc) is 2.29. The van der Waals surface area contributed by atoms with Crippen LogP contribution in [-0.2, 0) is 0 Å². The maximum absolute atomic E-state index is 5.85. The largest absolute Gasteiger partial charge is 0.236 e. The Balaban J connectivity index is 2.53. The van der Waals surface area contributed by atoms with Crippen molar-refractivity contribution in [3.63, 3.8) is 0 Å². The van der Waals surface area contributed by atoms with Crippen LogP contribution in [0, 0.1) is 6.92 Å². The summed E-state index contributed by atoms with van der Waals surface area (Å²) < 4.78 is 1.77. The second-order valence-electron chi connectivity index (χ2n) is 3.17. The number of hydrogen-bond acceptors (Lipinski definition) is 2. The Hall–Kier alpha value is -0.830. The Morgan fingerprint density at radius 3 is 3.17 bits per heavy atom. The van der Waals surface area contributed by atoms with Crippen LogP contribution in [0.3, 0.4) is 0 Å². The minimum atomic E-state index is 0.378. The monoisotopic (exact) mass is 183 g/mol. The van der Waals surface area contributed by atoms with Crippen LogP contribution in [0.2, 0.25) is 0 Å². The van der Waals surface area contributed by atoms with E-state index < -0.39 is 0 Å². The van der Waals surface area contributed by atoms with E-state index in [1.54, 1.807) is 4.68 Å². The van der Waals surface area contributed by atoms with Crippen molar-refractivity contribution in [2.75, 3.05) is 0 Å². The SMILES string of the molecule is Cc1cn2c(n1)C(C)CC(Cl)=N2. The minimum Gasteiger partial charge on any atom is -0.236 e. The number of halogens is 1. The molecule has 0 radical (unpaired) electrons. The molecule has 64 valence electrons. The topological polar surface area (TPSA) is 30.2 Å². The molecule has 0 saturated heterocycles. The van der Waals surface area contributed by atoms with Crippen LogP contribution in [0.5, 0.6) is 0 Å². The van der Waals surface area contributed by atoms with Gasteiger partial charge in [0.2, 0.25) is 0 Å². The summed E-state index contributed by atoms with van der Waals surface area (Å²) in [5, 5.41) is 4.81. The number of aryl methyl sites for hydroxylation is 1. The molecule has 0 amide bonds. The molecule has 1 aromatic rings. The van der Waals surface area contributed by atoms with Gasteiger partial charge < -0.3 is 0 Å². The summed E-state index contributed by atoms with van der Waals surface area (Å²) in [5.41, 5.74) is 0.993. The molecule has 0 spiro atoms. The Labute approximate surface area is 76.1 Å². The zero-order valence-electron chi connectivity index (χ0n) is 7.08. The molecule has 0 saturated carbocycles. The molecule has 1 atom stereocenters. The van der Waals surface area contributed by atoms with Crippen LogP contribution in [0.25, 0.3) is 0 Å². The van der Waals surface area contributed by atoms with E-state index in [4.69, 9.17) is 11.6 Å². The van der Waals surface area contributed by atoms with E-state index >= 15 is 0 Å². The van der Waals surface area contributed by atoms with E-state index in [2.05, 4.69) is 17.0 Å². The van der Waals surface area contributed by atoms with Crippen LogP contribution in [0.1, 0.15) is 30.8 Å². The molecule has 0 fully saturated rings. The normalized spacial score (nSPS) is 21.9. The predicted molar refractivity (Wildman–Crippen MR) is 48.7 cm³/mol. The third-order valence-corrected chi connectivity index (χ3v) is 2.20. The molecule has 3 nitrogen and oxygen atoms in total. The van der Waals surface area contributed by atoms with Crippen molar-refractivity contribution in [2.45, 2.75) is 26.2 Å². The number of hydrogen-bond donors (Lipinski definition) is 0. The molecule has 1 aliphatic rings. The first kappa shape index (κ1) is 7.80. The van der Waals surface area contributed by atoms with E-state index in [1.807, 2.05) is 13.1 Å². The highest BCUT2D eigenvalue weighted by Gasteiger charge is 2.19. The van der Waals surface area contributed by atoms with Crippen molar-refractivity contribution in [3.05, 3.63) is 17.7 Å². The lowest BCUT2D eigenvalue weighted by atomic mass is 10.1. The number of nitrogens with zero attached hydrogens (tertiary/aromatic N) is 3. The standard InChI is InChI=1S/C8H10ClN3/c1-5-3-7(9)11-12-4-6(2)10-8(5)12/h4-5H,3H2,1-2H3. The Morgan fingerprint density at radius 1 is 1.67 bits per heavy atom. The van der Waals surface area contributed by atoms with E-state index in [0.717, 1.165) is 17.9 Å². The molecular weight excluding hydrogens is 174 g/mol. The summed E-state index contributed by atoms with van der Waals surface area (Å²) in [6.07, 6.45) is 2.70. The van der Waals surface area contributed by atoms with Gasteiger partial charge in [-0.2, -0.15) is 5.10 Å². The number of imidazole rings is 1. The van der Waals surface area contributed by atoms with Gasteiger partial charge in [-0.15, -0.1) is 0 Å². The van der Waals surface area contributed by atoms with E-state index in [1.165, 1.54) is 0 Å². The van der Waals surface area contributed by atoms with Crippen molar-refractivity contribution in [1.82, 2.24) is 9.66 Å². The van der Waals surface area contributed by atoms with E-state index in [9.17, 15) is 0 Å². The zero-order valence-corrected chi connectivity index (χ0v) is 7.84. The molecule has 0 bridgehead atoms. The summed E-state index contributed by atoms with van der Waals surface area (Å²) in [7, 11) is 0. The highest BCUT2D eigenvalue weighted by atomic mass is 35.5. The highest BCUT2D eigenvalue weighted by molar-refractivity contribution is 6.65. The lowest BCUT2D eigenvalue weighted by Gasteiger charge is -2.14. The van der Waals surface area contributed by atoms with Gasteiger partial charge in [-0.25, -0.2) is 9.66 Å². The molecule has 0 aromatic carbocycles. The van der Waals surface area contributed by atoms with Crippen molar-refractivity contribution in [3.8, 4) is 0 Å². The Bertz CT molecular complexity index is 340. The minimum absolute atomic E-state index is 0.378. The second kappa shape index (κ2) is 2.59. The fourth-order valence-corrected chi connectivity index (χ4v) is 1.73. The molecule has 0 aliphatic carbocycles. The second-order valence-corrected chi connectivity index (χ2v) is 3.60. The van der Waals surface area contributed by atoms with Gasteiger partial charge in [0.25, 0.3) is 0 Å². The maximum atomic E-state index is 5.85. The first-order valence-corrected chi connectivity index (χ1v) is 4.34. The molecule has 2 heterocycles. The van der Waals surface area contributed by atoms with Gasteiger partial charge in [0, 0.05) is 12.3 Å². The van der Waals surface area contributed by atoms with Crippen molar-refractivity contribution >= 4 is 16.8 Å². The van der Waals surface area contributed by atoms with Crippen LogP contribution >= 0.6 is 11.6 Å². The van der Waals surface area contributed by atoms with Gasteiger partial charge >= 0.3 is 0 Å². The van der Waals surface area contributed by atoms with E-state index in [0.29, 0.717) is 11.1 Å². The zero-order chi connectivity index (χ0) is 8.72. The van der Waals surface area contributed by atoms with Gasteiger partial charge in [0.1, 0.15) is 11.0 Å². The molecule has 0 N–H and O–H groups in total. The van der Waals surface area contributed by atoms with Crippen molar-refractivity contribution in [1.29, 1.82) is 0 Å². The molecule has 4 heteroatoms. The third-order valence-electron chi connectivity index (χ3n) is 1.97. The van der Waals surface area contributed by atoms with Gasteiger partial charge in [-0.1, -0.05) is 18.5 Å². The molecule has 12 heavy (non-hydrogen) atoms. The summed E-state index contributed by atoms with van der Waals surface area (Å²) in [6, 6.07) is 0. The van der Waals surface area contributed by atoms with Gasteiger partial charge in [0.05, 0.1) is 11.9 Å². The first-order chi connectivity index (χ1) is 5.66. The van der Waals surface area contributed by atoms with Gasteiger partial charge in [-0.05, 0) is 6.92 Å². The van der Waals surface area contributed by atoms with Crippen LogP contribution in [0.15, 0.2) is 11.3 Å². The number of rotatable bonds is 0. The lowest BCUT2D eigenvalue weighted by Crippen LogP contribution is -2.12. The third kappa shape index (κ3) is 1.14. The summed E-state index contributed by atoms with van der Waals surface area (Å²) >= 11 is 5.85. The molecule has 2 rings (SSSR count). The summed E-state index contributed by atoms with van der Waals surface area (Å²) in [4.78, 5) is 4.36. The lowest BCUT2D eigenvalue weighted by molar-refractivity contribution is 0.643. The molecule has 1 aliphatic heterocycles. The Morgan fingerprint density at radius 2 is 2.42 bits per heavy atom. The maximum Gasteiger partial charge on any atom is 0.133 e. The fourth-order valence-electron chi connectivity index (χ4n) is 1.42. The smallest absolute Gasteiger partial charge is 0.133 e. The van der Waals surface area contributed by atoms with Crippen LogP contribution in [0.4, 0.5) is 0 Å². The quantitative estimate of drug-likeness (QED) is 0.606. The van der Waals surface area contributed by atoms with Gasteiger partial charge in [0.15, 0.2) is 0 Å². The summed E-state index contributed by atoms with van der Waals surface area (Å²) in [5.74, 6) is 1.39. The number of aromatic nitrogens is 2. The number of fused-ring (bicyclic) bond motifs is 1. The fraction of sp³-hybridized carbons (Fsp3) is 0.500. The van der Waals surface area contributed by atoms with Crippen molar-refractivity contribution < 1.29 is 0 Å². The summed E-state index contributed by atoms with van der Waals surface area (Å²) in [6.45, 7) is 4.07. The molecule has 1 unspecified atom stereocenters. The molecule has 1 aromatic heterocycles. The van der Waals surface area contributed by atoms with Gasteiger partial charge in [-0.3, -0.25) is 0 Å². The van der Waals surface area contributed by atoms with Crippen LogP contribution in [-0.4, -0.2) is 14.8 Å². The highest BCUT2D eigenvalue weighted by Crippen LogP contribution is 2.24.